The molecule has 0 heterocycles. The lowest BCUT2D eigenvalue weighted by atomic mass is 10.6. The average molecular weight is 336 g/mol. The van der Waals surface area contributed by atoms with Crippen LogP contribution in [0.2, 0.25) is 0 Å². The summed E-state index contributed by atoms with van der Waals surface area (Å²) in [6.45, 7) is 3.48. The maximum absolute atomic E-state index is 11.2. The summed E-state index contributed by atoms with van der Waals surface area (Å²) in [6, 6.07) is 0. The van der Waals surface area contributed by atoms with Crippen molar-refractivity contribution in [1.82, 2.24) is 10.2 Å². The first kappa shape index (κ1) is 21.7. The van der Waals surface area contributed by atoms with Gasteiger partial charge in [0.15, 0.2) is 0 Å². The van der Waals surface area contributed by atoms with Crippen molar-refractivity contribution in [3.63, 3.8) is 0 Å². The number of carboxylic acid groups (broad SMARTS) is 1. The number of likely N-dealkylation sites (N-methyl/N-ethyl adjacent to an activating group) is 1. The first-order valence-electron chi connectivity index (χ1n) is 7.46. The topological polar surface area (TPSA) is 107 Å². The number of carbonyl (C=O) groups excluding carboxylic acids is 1. The highest BCUT2D eigenvalue weighted by atomic mass is 16.5. The van der Waals surface area contributed by atoms with Crippen LogP contribution in [0.5, 0.6) is 0 Å². The zero-order chi connectivity index (χ0) is 17.3. The highest BCUT2D eigenvalue weighted by Gasteiger charge is 2.02. The van der Waals surface area contributed by atoms with Gasteiger partial charge in [-0.1, -0.05) is 0 Å². The van der Waals surface area contributed by atoms with Gasteiger partial charge in [-0.15, -0.1) is 0 Å². The molecule has 0 rings (SSSR count). The fraction of sp³-hybridized carbons (Fsp3) is 0.857. The van der Waals surface area contributed by atoms with Crippen molar-refractivity contribution in [3.8, 4) is 0 Å². The molecule has 0 aromatic carbocycles. The Labute approximate surface area is 136 Å². The number of carbonyl (C=O) groups is 2. The molecule has 0 aromatic rings. The molecule has 0 bridgehead atoms. The Balaban J connectivity index is 3.15. The van der Waals surface area contributed by atoms with E-state index in [1.54, 1.807) is 0 Å². The molecule has 0 aliphatic carbocycles. The quantitative estimate of drug-likeness (QED) is 0.339. The minimum absolute atomic E-state index is 0.275. The maximum atomic E-state index is 11.2. The van der Waals surface area contributed by atoms with Gasteiger partial charge < -0.3 is 34.3 Å². The second kappa shape index (κ2) is 15.6. The van der Waals surface area contributed by atoms with Crippen molar-refractivity contribution in [2.45, 2.75) is 0 Å². The van der Waals surface area contributed by atoms with Crippen LogP contribution in [0.3, 0.4) is 0 Å². The monoisotopic (exact) mass is 336 g/mol. The van der Waals surface area contributed by atoms with Crippen molar-refractivity contribution < 1.29 is 33.6 Å². The summed E-state index contributed by atoms with van der Waals surface area (Å²) >= 11 is 0. The van der Waals surface area contributed by atoms with Crippen LogP contribution in [0.1, 0.15) is 0 Å². The Bertz CT molecular complexity index is 314. The van der Waals surface area contributed by atoms with E-state index in [0.717, 1.165) is 6.54 Å². The minimum Gasteiger partial charge on any atom is -0.480 e. The molecule has 0 radical (unpaired) electrons. The van der Waals surface area contributed by atoms with Crippen LogP contribution in [0.4, 0.5) is 0 Å². The second-order valence-corrected chi connectivity index (χ2v) is 4.88. The summed E-state index contributed by atoms with van der Waals surface area (Å²) in [5.41, 5.74) is 0. The summed E-state index contributed by atoms with van der Waals surface area (Å²) in [7, 11) is 3.98. The Hall–Kier alpha value is -1.26. The summed E-state index contributed by atoms with van der Waals surface area (Å²) in [4.78, 5) is 23.4. The Kier molecular flexibility index (Phi) is 14.8. The molecule has 0 aliphatic heterocycles. The number of ether oxygens (including phenoxy) is 4. The van der Waals surface area contributed by atoms with Crippen molar-refractivity contribution in [3.05, 3.63) is 0 Å². The van der Waals surface area contributed by atoms with Crippen LogP contribution in [0, 0.1) is 0 Å². The van der Waals surface area contributed by atoms with Gasteiger partial charge in [-0.05, 0) is 14.1 Å². The van der Waals surface area contributed by atoms with E-state index in [0.29, 0.717) is 46.2 Å². The Morgan fingerprint density at radius 1 is 0.870 bits per heavy atom. The zero-order valence-corrected chi connectivity index (χ0v) is 13.9. The lowest BCUT2D eigenvalue weighted by molar-refractivity contribution is -0.143. The summed E-state index contributed by atoms with van der Waals surface area (Å²) in [5, 5.41) is 10.9. The molecule has 2 N–H and O–H groups in total. The van der Waals surface area contributed by atoms with E-state index in [4.69, 9.17) is 19.3 Å². The van der Waals surface area contributed by atoms with E-state index in [9.17, 15) is 9.59 Å². The standard InChI is InChI=1S/C14H28N2O7/c1-16(2)4-6-21-8-10-22-9-7-20-5-3-15-13(17)11-23-12-14(18)19/h3-12H2,1-2H3,(H,15,17)(H,18,19). The molecule has 1 amide bonds. The molecule has 0 atom stereocenters. The molecular weight excluding hydrogens is 308 g/mol. The second-order valence-electron chi connectivity index (χ2n) is 4.88. The van der Waals surface area contributed by atoms with E-state index >= 15 is 0 Å². The van der Waals surface area contributed by atoms with Gasteiger partial charge in [0.05, 0.1) is 39.6 Å². The SMILES string of the molecule is CN(C)CCOCCOCCOCCNC(=O)COCC(=O)O. The predicted octanol–water partition coefficient (Wildman–Crippen LogP) is -1.18. The van der Waals surface area contributed by atoms with E-state index in [-0.39, 0.29) is 12.5 Å². The first-order chi connectivity index (χ1) is 11.0. The zero-order valence-electron chi connectivity index (χ0n) is 13.9. The van der Waals surface area contributed by atoms with Gasteiger partial charge in [0.1, 0.15) is 13.2 Å². The molecule has 0 aromatic heterocycles. The van der Waals surface area contributed by atoms with Crippen molar-refractivity contribution >= 4 is 11.9 Å². The third kappa shape index (κ3) is 18.7. The molecule has 0 saturated carbocycles. The van der Waals surface area contributed by atoms with Gasteiger partial charge >= 0.3 is 5.97 Å². The first-order valence-corrected chi connectivity index (χ1v) is 7.46. The maximum Gasteiger partial charge on any atom is 0.329 e. The highest BCUT2D eigenvalue weighted by Crippen LogP contribution is 1.83. The van der Waals surface area contributed by atoms with Gasteiger partial charge in [-0.2, -0.15) is 0 Å². The molecule has 9 nitrogen and oxygen atoms in total. The van der Waals surface area contributed by atoms with Crippen LogP contribution in [0.15, 0.2) is 0 Å². The minimum atomic E-state index is -1.11. The van der Waals surface area contributed by atoms with E-state index < -0.39 is 12.6 Å². The van der Waals surface area contributed by atoms with Crippen molar-refractivity contribution in [2.24, 2.45) is 0 Å². The van der Waals surface area contributed by atoms with Crippen LogP contribution in [-0.2, 0) is 28.5 Å². The number of hydrogen-bond donors (Lipinski definition) is 2. The third-order valence-electron chi connectivity index (χ3n) is 2.45. The number of hydrogen-bond acceptors (Lipinski definition) is 7. The van der Waals surface area contributed by atoms with E-state index in [2.05, 4.69) is 10.1 Å². The lowest BCUT2D eigenvalue weighted by Crippen LogP contribution is -2.31. The predicted molar refractivity (Wildman–Crippen MR) is 82.5 cm³/mol. The number of rotatable bonds is 16. The molecule has 0 saturated heterocycles. The Morgan fingerprint density at radius 2 is 1.43 bits per heavy atom. The smallest absolute Gasteiger partial charge is 0.329 e. The number of aliphatic carboxylic acids is 1. The molecule has 0 unspecified atom stereocenters. The number of nitrogens with zero attached hydrogens (tertiary/aromatic N) is 1. The molecule has 23 heavy (non-hydrogen) atoms. The largest absolute Gasteiger partial charge is 0.480 e. The van der Waals surface area contributed by atoms with Gasteiger partial charge in [0, 0.05) is 13.1 Å². The third-order valence-corrected chi connectivity index (χ3v) is 2.45. The number of amides is 1. The van der Waals surface area contributed by atoms with Gasteiger partial charge in [0.25, 0.3) is 0 Å². The van der Waals surface area contributed by atoms with Gasteiger partial charge in [0.2, 0.25) is 5.91 Å². The van der Waals surface area contributed by atoms with Crippen LogP contribution < -0.4 is 5.32 Å². The van der Waals surface area contributed by atoms with Crippen LogP contribution in [-0.4, -0.2) is 102 Å². The highest BCUT2D eigenvalue weighted by molar-refractivity contribution is 5.77. The molecule has 0 aliphatic rings. The van der Waals surface area contributed by atoms with E-state index in [1.807, 2.05) is 19.0 Å². The Morgan fingerprint density at radius 3 is 2.00 bits per heavy atom. The fourth-order valence-electron chi connectivity index (χ4n) is 1.33. The van der Waals surface area contributed by atoms with Gasteiger partial charge in [-0.25, -0.2) is 4.79 Å². The van der Waals surface area contributed by atoms with Crippen molar-refractivity contribution in [1.29, 1.82) is 0 Å². The van der Waals surface area contributed by atoms with Crippen LogP contribution >= 0.6 is 0 Å². The summed E-state index contributed by atoms with van der Waals surface area (Å²) in [6.07, 6.45) is 0. The lowest BCUT2D eigenvalue weighted by Gasteiger charge is -2.10. The molecule has 136 valence electrons. The normalized spacial score (nSPS) is 10.9. The van der Waals surface area contributed by atoms with E-state index in [1.165, 1.54) is 0 Å². The molecule has 0 fully saturated rings. The molecule has 9 heteroatoms. The summed E-state index contributed by atoms with van der Waals surface area (Å²) < 4.78 is 20.6. The average Bonchev–Trinajstić information content (AvgIpc) is 2.47. The number of nitrogens with one attached hydrogen (secondary N) is 1. The molecule has 0 spiro atoms. The van der Waals surface area contributed by atoms with Gasteiger partial charge in [-0.3, -0.25) is 4.79 Å². The van der Waals surface area contributed by atoms with Crippen molar-refractivity contribution in [2.75, 3.05) is 80.0 Å². The fourth-order valence-corrected chi connectivity index (χ4v) is 1.33. The number of carboxylic acids is 1. The molecular formula is C14H28N2O7. The van der Waals surface area contributed by atoms with Crippen LogP contribution in [0.25, 0.3) is 0 Å². The summed E-state index contributed by atoms with van der Waals surface area (Å²) in [5.74, 6) is -1.48.